The van der Waals surface area contributed by atoms with Gasteiger partial charge >= 0.3 is 5.97 Å². The van der Waals surface area contributed by atoms with Crippen LogP contribution in [0, 0.1) is 0 Å². The highest BCUT2D eigenvalue weighted by atomic mass is 16.4. The summed E-state index contributed by atoms with van der Waals surface area (Å²) in [5.74, 6) is -0.667. The number of carboxylic acids is 1. The van der Waals surface area contributed by atoms with Gasteiger partial charge in [-0.3, -0.25) is 14.5 Å². The molecule has 1 amide bonds. The summed E-state index contributed by atoms with van der Waals surface area (Å²) in [5.41, 5.74) is 0. The van der Waals surface area contributed by atoms with Gasteiger partial charge in [0.15, 0.2) is 0 Å². The summed E-state index contributed by atoms with van der Waals surface area (Å²) in [4.78, 5) is 25.3. The van der Waals surface area contributed by atoms with E-state index in [-0.39, 0.29) is 5.91 Å². The SMILES string of the molecule is O=C(CCN1CCCCCC1C(=O)O)NC1CCCCC1. The molecule has 1 aliphatic carbocycles. The molecule has 0 radical (unpaired) electrons. The summed E-state index contributed by atoms with van der Waals surface area (Å²) < 4.78 is 0. The Hall–Kier alpha value is -1.10. The van der Waals surface area contributed by atoms with Crippen LogP contribution in [-0.2, 0) is 9.59 Å². The number of amides is 1. The summed E-state index contributed by atoms with van der Waals surface area (Å²) >= 11 is 0. The van der Waals surface area contributed by atoms with Crippen LogP contribution in [0.4, 0.5) is 0 Å². The van der Waals surface area contributed by atoms with Gasteiger partial charge in [0.2, 0.25) is 5.91 Å². The van der Waals surface area contributed by atoms with E-state index in [0.29, 0.717) is 25.4 Å². The average molecular weight is 296 g/mol. The van der Waals surface area contributed by atoms with Crippen LogP contribution in [0.1, 0.15) is 64.2 Å². The number of nitrogens with one attached hydrogen (secondary N) is 1. The molecule has 0 spiro atoms. The van der Waals surface area contributed by atoms with Crippen LogP contribution in [-0.4, -0.2) is 47.1 Å². The van der Waals surface area contributed by atoms with Crippen LogP contribution in [0.3, 0.4) is 0 Å². The maximum Gasteiger partial charge on any atom is 0.320 e. The highest BCUT2D eigenvalue weighted by Crippen LogP contribution is 2.19. The molecule has 1 aliphatic heterocycles. The zero-order chi connectivity index (χ0) is 15.1. The predicted octanol–water partition coefficient (Wildman–Crippen LogP) is 2.15. The third-order valence-corrected chi connectivity index (χ3v) is 4.75. The molecule has 21 heavy (non-hydrogen) atoms. The number of carbonyl (C=O) groups is 2. The third kappa shape index (κ3) is 5.30. The Balaban J connectivity index is 1.76. The molecule has 1 saturated carbocycles. The van der Waals surface area contributed by atoms with Gasteiger partial charge in [-0.2, -0.15) is 0 Å². The van der Waals surface area contributed by atoms with E-state index in [2.05, 4.69) is 5.32 Å². The highest BCUT2D eigenvalue weighted by Gasteiger charge is 2.27. The molecule has 0 aromatic carbocycles. The van der Waals surface area contributed by atoms with Gasteiger partial charge in [0, 0.05) is 19.0 Å². The summed E-state index contributed by atoms with van der Waals surface area (Å²) in [5, 5.41) is 12.4. The Kier molecular flexibility index (Phi) is 6.49. The first kappa shape index (κ1) is 16.3. The summed E-state index contributed by atoms with van der Waals surface area (Å²) in [6.45, 7) is 1.36. The molecule has 120 valence electrons. The molecule has 1 atom stereocenters. The van der Waals surface area contributed by atoms with Gasteiger partial charge in [0.05, 0.1) is 0 Å². The second kappa shape index (κ2) is 8.37. The minimum atomic E-state index is -0.746. The Morgan fingerprint density at radius 1 is 1.00 bits per heavy atom. The van der Waals surface area contributed by atoms with Crippen LogP contribution in [0.5, 0.6) is 0 Å². The van der Waals surface area contributed by atoms with Crippen molar-refractivity contribution in [1.29, 1.82) is 0 Å². The molecule has 1 heterocycles. The lowest BCUT2D eigenvalue weighted by molar-refractivity contribution is -0.143. The largest absolute Gasteiger partial charge is 0.480 e. The Labute approximate surface area is 127 Å². The van der Waals surface area contributed by atoms with Crippen LogP contribution in [0.15, 0.2) is 0 Å². The fraction of sp³-hybridized carbons (Fsp3) is 0.875. The standard InChI is InChI=1S/C16H28N2O3/c19-15(17-13-7-3-1-4-8-13)10-12-18-11-6-2-5-9-14(18)16(20)21/h13-14H,1-12H2,(H,17,19)(H,20,21). The first-order valence-corrected chi connectivity index (χ1v) is 8.43. The van der Waals surface area contributed by atoms with Crippen molar-refractivity contribution in [1.82, 2.24) is 10.2 Å². The summed E-state index contributed by atoms with van der Waals surface area (Å²) in [6, 6.07) is -0.0689. The molecule has 5 nitrogen and oxygen atoms in total. The van der Waals surface area contributed by atoms with Gasteiger partial charge < -0.3 is 10.4 Å². The number of aliphatic carboxylic acids is 1. The monoisotopic (exact) mass is 296 g/mol. The lowest BCUT2D eigenvalue weighted by Gasteiger charge is -2.27. The van der Waals surface area contributed by atoms with Gasteiger partial charge in [-0.1, -0.05) is 32.1 Å². The van der Waals surface area contributed by atoms with E-state index in [1.807, 2.05) is 4.90 Å². The second-order valence-corrected chi connectivity index (χ2v) is 6.39. The van der Waals surface area contributed by atoms with E-state index in [1.165, 1.54) is 19.3 Å². The van der Waals surface area contributed by atoms with E-state index >= 15 is 0 Å². The van der Waals surface area contributed by atoms with Gasteiger partial charge in [-0.05, 0) is 32.2 Å². The van der Waals surface area contributed by atoms with Gasteiger partial charge in [0.1, 0.15) is 6.04 Å². The smallest absolute Gasteiger partial charge is 0.320 e. The van der Waals surface area contributed by atoms with E-state index in [9.17, 15) is 14.7 Å². The minimum Gasteiger partial charge on any atom is -0.480 e. The van der Waals surface area contributed by atoms with Crippen LogP contribution >= 0.6 is 0 Å². The Bertz CT molecular complexity index is 353. The topological polar surface area (TPSA) is 69.6 Å². The molecule has 2 N–H and O–H groups in total. The number of nitrogens with zero attached hydrogens (tertiary/aromatic N) is 1. The van der Waals surface area contributed by atoms with Crippen molar-refractivity contribution in [3.8, 4) is 0 Å². The lowest BCUT2D eigenvalue weighted by Crippen LogP contribution is -2.43. The summed E-state index contributed by atoms with van der Waals surface area (Å²) in [7, 11) is 0. The molecule has 2 aliphatic rings. The Morgan fingerprint density at radius 2 is 1.67 bits per heavy atom. The van der Waals surface area contributed by atoms with Crippen LogP contribution in [0.25, 0.3) is 0 Å². The minimum absolute atomic E-state index is 0.0790. The predicted molar refractivity (Wildman–Crippen MR) is 81.1 cm³/mol. The molecule has 1 saturated heterocycles. The quantitative estimate of drug-likeness (QED) is 0.815. The van der Waals surface area contributed by atoms with Crippen molar-refractivity contribution in [2.24, 2.45) is 0 Å². The van der Waals surface area contributed by atoms with Crippen molar-refractivity contribution in [2.75, 3.05) is 13.1 Å². The van der Waals surface area contributed by atoms with E-state index < -0.39 is 12.0 Å². The number of carboxylic acid groups (broad SMARTS) is 1. The zero-order valence-electron chi connectivity index (χ0n) is 12.9. The molecule has 2 fully saturated rings. The van der Waals surface area contributed by atoms with Crippen molar-refractivity contribution in [3.63, 3.8) is 0 Å². The van der Waals surface area contributed by atoms with Crippen molar-refractivity contribution >= 4 is 11.9 Å². The maximum atomic E-state index is 12.0. The number of carbonyl (C=O) groups excluding carboxylic acids is 1. The summed E-state index contributed by atoms with van der Waals surface area (Å²) in [6.07, 6.45) is 10.1. The van der Waals surface area contributed by atoms with Crippen LogP contribution in [0.2, 0.25) is 0 Å². The fourth-order valence-corrected chi connectivity index (χ4v) is 3.51. The fourth-order valence-electron chi connectivity index (χ4n) is 3.51. The molecule has 0 aromatic heterocycles. The second-order valence-electron chi connectivity index (χ2n) is 6.39. The van der Waals surface area contributed by atoms with Crippen LogP contribution < -0.4 is 5.32 Å². The number of rotatable bonds is 5. The molecular formula is C16H28N2O3. The van der Waals surface area contributed by atoms with E-state index in [1.54, 1.807) is 0 Å². The molecule has 5 heteroatoms. The van der Waals surface area contributed by atoms with E-state index in [4.69, 9.17) is 0 Å². The highest BCUT2D eigenvalue weighted by molar-refractivity contribution is 5.77. The number of likely N-dealkylation sites (tertiary alicyclic amines) is 1. The van der Waals surface area contributed by atoms with Gasteiger partial charge in [-0.25, -0.2) is 0 Å². The molecule has 0 aromatic rings. The average Bonchev–Trinajstić information content (AvgIpc) is 2.71. The van der Waals surface area contributed by atoms with Crippen molar-refractivity contribution < 1.29 is 14.7 Å². The van der Waals surface area contributed by atoms with E-state index in [0.717, 1.165) is 38.6 Å². The zero-order valence-corrected chi connectivity index (χ0v) is 12.9. The normalized spacial score (nSPS) is 25.2. The number of hydrogen-bond donors (Lipinski definition) is 2. The van der Waals surface area contributed by atoms with Crippen molar-refractivity contribution in [3.05, 3.63) is 0 Å². The van der Waals surface area contributed by atoms with Gasteiger partial charge in [-0.15, -0.1) is 0 Å². The molecule has 2 rings (SSSR count). The lowest BCUT2D eigenvalue weighted by atomic mass is 9.95. The van der Waals surface area contributed by atoms with Gasteiger partial charge in [0.25, 0.3) is 0 Å². The molecule has 0 bridgehead atoms. The third-order valence-electron chi connectivity index (χ3n) is 4.75. The van der Waals surface area contributed by atoms with Crippen molar-refractivity contribution in [2.45, 2.75) is 76.3 Å². The maximum absolute atomic E-state index is 12.0. The molecular weight excluding hydrogens is 268 g/mol. The number of hydrogen-bond acceptors (Lipinski definition) is 3. The molecule has 1 unspecified atom stereocenters. The first-order chi connectivity index (χ1) is 10.2. The Morgan fingerprint density at radius 3 is 2.38 bits per heavy atom. The first-order valence-electron chi connectivity index (χ1n) is 8.43.